The van der Waals surface area contributed by atoms with Crippen LogP contribution >= 0.6 is 0 Å². The molecule has 0 fully saturated rings. The highest BCUT2D eigenvalue weighted by Gasteiger charge is 2.05. The van der Waals surface area contributed by atoms with Gasteiger partial charge in [-0.2, -0.15) is 0 Å². The van der Waals surface area contributed by atoms with E-state index in [0.717, 1.165) is 17.5 Å². The topological polar surface area (TPSA) is 26.0 Å². The molecule has 0 amide bonds. The van der Waals surface area contributed by atoms with Crippen molar-refractivity contribution < 1.29 is 8.91 Å². The van der Waals surface area contributed by atoms with E-state index in [1.807, 2.05) is 6.92 Å². The molecule has 0 atom stereocenters. The second-order valence-corrected chi connectivity index (χ2v) is 2.62. The molecule has 1 aromatic carbocycles. The van der Waals surface area contributed by atoms with Gasteiger partial charge in [-0.1, -0.05) is 12.1 Å². The van der Waals surface area contributed by atoms with Crippen molar-refractivity contribution in [3.8, 4) is 0 Å². The molecule has 0 spiro atoms. The SMILES string of the molecule is CCc1noc2cc(F)ccc12. The Labute approximate surface area is 69.0 Å². The van der Waals surface area contributed by atoms with Crippen LogP contribution in [0.3, 0.4) is 0 Å². The summed E-state index contributed by atoms with van der Waals surface area (Å²) in [6, 6.07) is 4.46. The minimum Gasteiger partial charge on any atom is -0.356 e. The molecule has 12 heavy (non-hydrogen) atoms. The van der Waals surface area contributed by atoms with Crippen LogP contribution in [-0.4, -0.2) is 5.16 Å². The average molecular weight is 165 g/mol. The van der Waals surface area contributed by atoms with Gasteiger partial charge in [0.05, 0.1) is 5.69 Å². The number of aromatic nitrogens is 1. The highest BCUT2D eigenvalue weighted by Crippen LogP contribution is 2.19. The number of benzene rings is 1. The van der Waals surface area contributed by atoms with Gasteiger partial charge >= 0.3 is 0 Å². The van der Waals surface area contributed by atoms with E-state index in [4.69, 9.17) is 4.52 Å². The molecule has 0 saturated heterocycles. The van der Waals surface area contributed by atoms with Crippen molar-refractivity contribution in [2.45, 2.75) is 13.3 Å². The van der Waals surface area contributed by atoms with Crippen LogP contribution in [0.15, 0.2) is 22.7 Å². The molecule has 0 radical (unpaired) electrons. The second-order valence-electron chi connectivity index (χ2n) is 2.62. The molecule has 0 bridgehead atoms. The normalized spacial score (nSPS) is 10.8. The Morgan fingerprint density at radius 3 is 3.08 bits per heavy atom. The lowest BCUT2D eigenvalue weighted by atomic mass is 10.2. The maximum atomic E-state index is 12.7. The Morgan fingerprint density at radius 1 is 1.50 bits per heavy atom. The number of hydrogen-bond donors (Lipinski definition) is 0. The molecule has 0 unspecified atom stereocenters. The molecule has 62 valence electrons. The molecule has 1 aromatic heterocycles. The Kier molecular flexibility index (Phi) is 1.57. The first kappa shape index (κ1) is 7.28. The number of fused-ring (bicyclic) bond motifs is 1. The average Bonchev–Trinajstić information content (AvgIpc) is 2.46. The Balaban J connectivity index is 2.73. The van der Waals surface area contributed by atoms with Crippen molar-refractivity contribution in [1.29, 1.82) is 0 Å². The van der Waals surface area contributed by atoms with E-state index in [1.165, 1.54) is 12.1 Å². The van der Waals surface area contributed by atoms with Gasteiger partial charge in [0.2, 0.25) is 0 Å². The molecule has 0 aliphatic carbocycles. The van der Waals surface area contributed by atoms with Crippen molar-refractivity contribution in [1.82, 2.24) is 5.16 Å². The monoisotopic (exact) mass is 165 g/mol. The lowest BCUT2D eigenvalue weighted by Gasteiger charge is -1.88. The summed E-state index contributed by atoms with van der Waals surface area (Å²) >= 11 is 0. The van der Waals surface area contributed by atoms with Gasteiger partial charge in [-0.25, -0.2) is 4.39 Å². The highest BCUT2D eigenvalue weighted by atomic mass is 19.1. The molecular weight excluding hydrogens is 157 g/mol. The second kappa shape index (κ2) is 2.59. The van der Waals surface area contributed by atoms with Gasteiger partial charge in [0.25, 0.3) is 0 Å². The standard InChI is InChI=1S/C9H8FNO/c1-2-8-7-4-3-6(10)5-9(7)12-11-8/h3-5H,2H2,1H3. The smallest absolute Gasteiger partial charge is 0.170 e. The Hall–Kier alpha value is -1.38. The summed E-state index contributed by atoms with van der Waals surface area (Å²) in [5.41, 5.74) is 1.40. The van der Waals surface area contributed by atoms with E-state index < -0.39 is 0 Å². The zero-order valence-electron chi connectivity index (χ0n) is 6.67. The van der Waals surface area contributed by atoms with E-state index >= 15 is 0 Å². The van der Waals surface area contributed by atoms with Crippen LogP contribution in [0, 0.1) is 5.82 Å². The summed E-state index contributed by atoms with van der Waals surface area (Å²) in [5, 5.41) is 4.72. The molecule has 0 N–H and O–H groups in total. The maximum Gasteiger partial charge on any atom is 0.170 e. The van der Waals surface area contributed by atoms with Crippen LogP contribution in [0.1, 0.15) is 12.6 Å². The molecular formula is C9H8FNO. The summed E-state index contributed by atoms with van der Waals surface area (Å²) in [6.45, 7) is 1.99. The van der Waals surface area contributed by atoms with E-state index in [9.17, 15) is 4.39 Å². The van der Waals surface area contributed by atoms with E-state index in [-0.39, 0.29) is 5.82 Å². The highest BCUT2D eigenvalue weighted by molar-refractivity contribution is 5.79. The first-order chi connectivity index (χ1) is 5.81. The number of rotatable bonds is 1. The minimum atomic E-state index is -0.290. The van der Waals surface area contributed by atoms with Crippen molar-refractivity contribution in [2.24, 2.45) is 0 Å². The van der Waals surface area contributed by atoms with Crippen molar-refractivity contribution in [2.75, 3.05) is 0 Å². The van der Waals surface area contributed by atoms with Gasteiger partial charge in [-0.05, 0) is 18.6 Å². The lowest BCUT2D eigenvalue weighted by Crippen LogP contribution is -1.78. The zero-order chi connectivity index (χ0) is 8.55. The predicted octanol–water partition coefficient (Wildman–Crippen LogP) is 2.53. The summed E-state index contributed by atoms with van der Waals surface area (Å²) in [4.78, 5) is 0. The van der Waals surface area contributed by atoms with Crippen LogP contribution in [0.4, 0.5) is 4.39 Å². The Bertz CT molecular complexity index is 408. The van der Waals surface area contributed by atoms with Crippen molar-refractivity contribution in [3.63, 3.8) is 0 Å². The van der Waals surface area contributed by atoms with Gasteiger partial charge in [0, 0.05) is 11.5 Å². The zero-order valence-corrected chi connectivity index (χ0v) is 6.67. The third-order valence-electron chi connectivity index (χ3n) is 1.84. The number of nitrogens with zero attached hydrogens (tertiary/aromatic N) is 1. The third-order valence-corrected chi connectivity index (χ3v) is 1.84. The summed E-state index contributed by atoms with van der Waals surface area (Å²) in [6.07, 6.45) is 0.804. The number of hydrogen-bond acceptors (Lipinski definition) is 2. The fourth-order valence-electron chi connectivity index (χ4n) is 1.22. The molecule has 2 nitrogen and oxygen atoms in total. The fourth-order valence-corrected chi connectivity index (χ4v) is 1.22. The van der Waals surface area contributed by atoms with Crippen LogP contribution in [-0.2, 0) is 6.42 Å². The van der Waals surface area contributed by atoms with Crippen LogP contribution in [0.5, 0.6) is 0 Å². The number of aryl methyl sites for hydroxylation is 1. The molecule has 0 aliphatic heterocycles. The quantitative estimate of drug-likeness (QED) is 0.649. The molecule has 1 heterocycles. The lowest BCUT2D eigenvalue weighted by molar-refractivity contribution is 0.445. The largest absolute Gasteiger partial charge is 0.356 e. The van der Waals surface area contributed by atoms with Crippen LogP contribution in [0.2, 0.25) is 0 Å². The van der Waals surface area contributed by atoms with Crippen molar-refractivity contribution in [3.05, 3.63) is 29.7 Å². The van der Waals surface area contributed by atoms with E-state index in [1.54, 1.807) is 6.07 Å². The van der Waals surface area contributed by atoms with Gasteiger partial charge < -0.3 is 4.52 Å². The summed E-state index contributed by atoms with van der Waals surface area (Å²) < 4.78 is 17.6. The molecule has 2 aromatic rings. The van der Waals surface area contributed by atoms with Crippen LogP contribution in [0.25, 0.3) is 11.0 Å². The molecule has 3 heteroatoms. The number of halogens is 1. The fraction of sp³-hybridized carbons (Fsp3) is 0.222. The third kappa shape index (κ3) is 0.978. The molecule has 2 rings (SSSR count). The summed E-state index contributed by atoms with van der Waals surface area (Å²) in [5.74, 6) is -0.290. The first-order valence-electron chi connectivity index (χ1n) is 3.85. The van der Waals surface area contributed by atoms with E-state index in [2.05, 4.69) is 5.16 Å². The van der Waals surface area contributed by atoms with E-state index in [0.29, 0.717) is 5.58 Å². The molecule has 0 saturated carbocycles. The predicted molar refractivity (Wildman–Crippen MR) is 43.3 cm³/mol. The van der Waals surface area contributed by atoms with Crippen LogP contribution < -0.4 is 0 Å². The summed E-state index contributed by atoms with van der Waals surface area (Å²) in [7, 11) is 0. The minimum absolute atomic E-state index is 0.290. The maximum absolute atomic E-state index is 12.7. The first-order valence-corrected chi connectivity index (χ1v) is 3.85. The van der Waals surface area contributed by atoms with Crippen molar-refractivity contribution >= 4 is 11.0 Å². The van der Waals surface area contributed by atoms with Gasteiger partial charge in [-0.3, -0.25) is 0 Å². The molecule has 0 aliphatic rings. The van der Waals surface area contributed by atoms with Gasteiger partial charge in [-0.15, -0.1) is 0 Å². The Morgan fingerprint density at radius 2 is 2.33 bits per heavy atom. The van der Waals surface area contributed by atoms with Gasteiger partial charge in [0.1, 0.15) is 5.82 Å². The van der Waals surface area contributed by atoms with Gasteiger partial charge in [0.15, 0.2) is 5.58 Å².